The van der Waals surface area contributed by atoms with Crippen LogP contribution in [-0.2, 0) is 0 Å². The molecule has 0 spiro atoms. The van der Waals surface area contributed by atoms with Gasteiger partial charge in [0.25, 0.3) is 0 Å². The number of aromatic nitrogens is 2. The van der Waals surface area contributed by atoms with E-state index in [1.807, 2.05) is 29.2 Å². The number of rotatable bonds is 2. The number of β-amino-alcohol motifs (C(OH)–C–C–N with tert-alkyl or cyclic N) is 1. The van der Waals surface area contributed by atoms with Crippen LogP contribution in [0.15, 0.2) is 42.7 Å². The summed E-state index contributed by atoms with van der Waals surface area (Å²) >= 11 is 0. The molecule has 112 valence electrons. The lowest BCUT2D eigenvalue weighted by Gasteiger charge is -2.23. The van der Waals surface area contributed by atoms with Gasteiger partial charge in [-0.3, -0.25) is 4.98 Å². The number of pyridine rings is 2. The Morgan fingerprint density at radius 2 is 1.82 bits per heavy atom. The maximum Gasteiger partial charge on any atom is 0.142 e. The summed E-state index contributed by atoms with van der Waals surface area (Å²) in [6.07, 6.45) is 3.02. The first-order chi connectivity index (χ1) is 10.8. The molecule has 2 aromatic heterocycles. The first kappa shape index (κ1) is 14.3. The molecule has 0 aliphatic carbocycles. The summed E-state index contributed by atoms with van der Waals surface area (Å²) in [5.74, 6) is 0.731. The molecule has 1 aliphatic heterocycles. The van der Waals surface area contributed by atoms with Gasteiger partial charge in [-0.2, -0.15) is 5.26 Å². The van der Waals surface area contributed by atoms with Crippen LogP contribution in [0.5, 0.6) is 0 Å². The van der Waals surface area contributed by atoms with Gasteiger partial charge >= 0.3 is 0 Å². The number of hydrogen-bond donors (Lipinski definition) is 1. The minimum atomic E-state index is -0.483. The molecule has 1 saturated heterocycles. The molecule has 1 atom stereocenters. The van der Waals surface area contributed by atoms with Gasteiger partial charge in [-0.15, -0.1) is 0 Å². The summed E-state index contributed by atoms with van der Waals surface area (Å²) in [5, 5.41) is 19.3. The SMILES string of the molecule is N#Cc1cccc(N2CCN(c3ccncc3)CC(O)C2)n1. The molecule has 0 saturated carbocycles. The summed E-state index contributed by atoms with van der Waals surface area (Å²) in [6, 6.07) is 11.3. The number of anilines is 2. The van der Waals surface area contributed by atoms with Crippen LogP contribution in [0.4, 0.5) is 11.5 Å². The third-order valence-electron chi connectivity index (χ3n) is 3.70. The van der Waals surface area contributed by atoms with E-state index in [0.29, 0.717) is 18.8 Å². The van der Waals surface area contributed by atoms with E-state index in [1.54, 1.807) is 18.5 Å². The van der Waals surface area contributed by atoms with Crippen molar-refractivity contribution in [2.45, 2.75) is 6.10 Å². The lowest BCUT2D eigenvalue weighted by molar-refractivity contribution is 0.191. The van der Waals surface area contributed by atoms with Crippen LogP contribution in [-0.4, -0.2) is 47.4 Å². The Balaban J connectivity index is 1.78. The monoisotopic (exact) mass is 295 g/mol. The van der Waals surface area contributed by atoms with E-state index in [0.717, 1.165) is 24.6 Å². The van der Waals surface area contributed by atoms with Crippen LogP contribution in [0, 0.1) is 11.3 Å². The third kappa shape index (κ3) is 3.15. The van der Waals surface area contributed by atoms with E-state index in [2.05, 4.69) is 20.9 Å². The molecule has 2 aromatic rings. The van der Waals surface area contributed by atoms with Crippen LogP contribution in [0.2, 0.25) is 0 Å². The van der Waals surface area contributed by atoms with Crippen LogP contribution in [0.1, 0.15) is 5.69 Å². The highest BCUT2D eigenvalue weighted by molar-refractivity contribution is 5.47. The molecule has 3 heterocycles. The van der Waals surface area contributed by atoms with Gasteiger partial charge in [0, 0.05) is 44.3 Å². The number of aliphatic hydroxyl groups is 1. The molecular weight excluding hydrogens is 278 g/mol. The van der Waals surface area contributed by atoms with Gasteiger partial charge in [-0.05, 0) is 24.3 Å². The Kier molecular flexibility index (Phi) is 4.17. The second-order valence-electron chi connectivity index (χ2n) is 5.24. The van der Waals surface area contributed by atoms with Crippen molar-refractivity contribution >= 4 is 11.5 Å². The maximum atomic E-state index is 10.3. The van der Waals surface area contributed by atoms with E-state index in [-0.39, 0.29) is 0 Å². The molecular formula is C16H17N5O. The van der Waals surface area contributed by atoms with E-state index in [1.165, 1.54) is 0 Å². The molecule has 0 aromatic carbocycles. The van der Waals surface area contributed by atoms with Gasteiger partial charge in [0.05, 0.1) is 6.10 Å². The molecule has 0 radical (unpaired) electrons. The predicted molar refractivity (Wildman–Crippen MR) is 83.6 cm³/mol. The molecule has 0 bridgehead atoms. The number of nitrogens with zero attached hydrogens (tertiary/aromatic N) is 5. The predicted octanol–water partition coefficient (Wildman–Crippen LogP) is 1.04. The highest BCUT2D eigenvalue weighted by Crippen LogP contribution is 2.18. The van der Waals surface area contributed by atoms with Crippen LogP contribution in [0.25, 0.3) is 0 Å². The van der Waals surface area contributed by atoms with Crippen molar-refractivity contribution in [2.24, 2.45) is 0 Å². The summed E-state index contributed by atoms with van der Waals surface area (Å²) in [6.45, 7) is 2.59. The topological polar surface area (TPSA) is 76.3 Å². The molecule has 0 amide bonds. The fourth-order valence-electron chi connectivity index (χ4n) is 2.65. The second kappa shape index (κ2) is 6.41. The Bertz CT molecular complexity index is 670. The van der Waals surface area contributed by atoms with Crippen LogP contribution < -0.4 is 9.80 Å². The molecule has 6 nitrogen and oxygen atoms in total. The zero-order chi connectivity index (χ0) is 15.4. The van der Waals surface area contributed by atoms with Crippen molar-refractivity contribution in [2.75, 3.05) is 36.0 Å². The normalized spacial score (nSPS) is 18.6. The fourth-order valence-corrected chi connectivity index (χ4v) is 2.65. The maximum absolute atomic E-state index is 10.3. The van der Waals surface area contributed by atoms with E-state index >= 15 is 0 Å². The van der Waals surface area contributed by atoms with E-state index in [9.17, 15) is 5.11 Å². The van der Waals surface area contributed by atoms with Crippen molar-refractivity contribution in [3.8, 4) is 6.07 Å². The zero-order valence-corrected chi connectivity index (χ0v) is 12.1. The molecule has 1 N–H and O–H groups in total. The van der Waals surface area contributed by atoms with Crippen molar-refractivity contribution in [1.29, 1.82) is 5.26 Å². The van der Waals surface area contributed by atoms with Gasteiger partial charge in [0.15, 0.2) is 0 Å². The lowest BCUT2D eigenvalue weighted by atomic mass is 10.3. The standard InChI is InChI=1S/C16H17N5O/c17-10-13-2-1-3-16(19-13)21-9-8-20(11-15(22)12-21)14-4-6-18-7-5-14/h1-7,15,22H,8-9,11-12H2. The minimum absolute atomic E-state index is 0.391. The van der Waals surface area contributed by atoms with Crippen molar-refractivity contribution in [1.82, 2.24) is 9.97 Å². The Morgan fingerprint density at radius 1 is 1.09 bits per heavy atom. The molecule has 1 fully saturated rings. The van der Waals surface area contributed by atoms with Crippen molar-refractivity contribution < 1.29 is 5.11 Å². The summed E-state index contributed by atoms with van der Waals surface area (Å²) < 4.78 is 0. The molecule has 3 rings (SSSR count). The van der Waals surface area contributed by atoms with Gasteiger partial charge in [0.2, 0.25) is 0 Å². The largest absolute Gasteiger partial charge is 0.389 e. The summed E-state index contributed by atoms with van der Waals surface area (Å²) in [5.41, 5.74) is 1.44. The Labute approximate surface area is 129 Å². The first-order valence-electron chi connectivity index (χ1n) is 7.21. The Morgan fingerprint density at radius 3 is 2.59 bits per heavy atom. The van der Waals surface area contributed by atoms with Gasteiger partial charge in [-0.25, -0.2) is 4.98 Å². The molecule has 22 heavy (non-hydrogen) atoms. The zero-order valence-electron chi connectivity index (χ0n) is 12.1. The highest BCUT2D eigenvalue weighted by Gasteiger charge is 2.22. The first-order valence-corrected chi connectivity index (χ1v) is 7.21. The highest BCUT2D eigenvalue weighted by atomic mass is 16.3. The minimum Gasteiger partial charge on any atom is -0.389 e. The van der Waals surface area contributed by atoms with E-state index in [4.69, 9.17) is 5.26 Å². The van der Waals surface area contributed by atoms with Crippen LogP contribution >= 0.6 is 0 Å². The average molecular weight is 295 g/mol. The molecule has 6 heteroatoms. The number of aliphatic hydroxyl groups excluding tert-OH is 1. The second-order valence-corrected chi connectivity index (χ2v) is 5.24. The van der Waals surface area contributed by atoms with Gasteiger partial charge in [-0.1, -0.05) is 6.07 Å². The van der Waals surface area contributed by atoms with Crippen LogP contribution in [0.3, 0.4) is 0 Å². The number of hydrogen-bond acceptors (Lipinski definition) is 6. The quantitative estimate of drug-likeness (QED) is 0.892. The smallest absolute Gasteiger partial charge is 0.142 e. The van der Waals surface area contributed by atoms with E-state index < -0.39 is 6.10 Å². The molecule has 1 unspecified atom stereocenters. The molecule has 1 aliphatic rings. The third-order valence-corrected chi connectivity index (χ3v) is 3.70. The lowest BCUT2D eigenvalue weighted by Crippen LogP contribution is -2.33. The number of nitriles is 1. The fraction of sp³-hybridized carbons (Fsp3) is 0.312. The summed E-state index contributed by atoms with van der Waals surface area (Å²) in [7, 11) is 0. The van der Waals surface area contributed by atoms with Gasteiger partial charge in [0.1, 0.15) is 17.6 Å². The van der Waals surface area contributed by atoms with Crippen molar-refractivity contribution in [3.63, 3.8) is 0 Å². The average Bonchev–Trinajstić information content (AvgIpc) is 2.77. The van der Waals surface area contributed by atoms with Gasteiger partial charge < -0.3 is 14.9 Å². The Hall–Kier alpha value is -2.65. The van der Waals surface area contributed by atoms with Crippen molar-refractivity contribution in [3.05, 3.63) is 48.4 Å². The summed E-state index contributed by atoms with van der Waals surface area (Å²) in [4.78, 5) is 12.5.